The fourth-order valence-corrected chi connectivity index (χ4v) is 4.64. The summed E-state index contributed by atoms with van der Waals surface area (Å²) in [7, 11) is 0. The molecule has 4 heteroatoms. The van der Waals surface area contributed by atoms with Crippen molar-refractivity contribution < 1.29 is 4.79 Å². The molecule has 21 heavy (non-hydrogen) atoms. The monoisotopic (exact) mass is 314 g/mol. The third-order valence-corrected chi connectivity index (χ3v) is 6.16. The van der Waals surface area contributed by atoms with Gasteiger partial charge >= 0.3 is 0 Å². The van der Waals surface area contributed by atoms with E-state index in [0.29, 0.717) is 29.2 Å². The Balaban J connectivity index is 0.00000161. The number of hydrogen-bond acceptors (Lipinski definition) is 2. The summed E-state index contributed by atoms with van der Waals surface area (Å²) in [6.07, 6.45) is 11.0. The number of halogens is 1. The molecule has 3 rings (SSSR count). The first-order chi connectivity index (χ1) is 9.63. The van der Waals surface area contributed by atoms with Gasteiger partial charge in [0.25, 0.3) is 0 Å². The average molecular weight is 315 g/mol. The number of rotatable bonds is 5. The summed E-state index contributed by atoms with van der Waals surface area (Å²) >= 11 is 0. The quantitative estimate of drug-likeness (QED) is 0.818. The second-order valence-corrected chi connectivity index (χ2v) is 7.66. The van der Waals surface area contributed by atoms with E-state index in [4.69, 9.17) is 5.73 Å². The largest absolute Gasteiger partial charge is 0.355 e. The Hall–Kier alpha value is -0.280. The predicted octanol–water partition coefficient (Wildman–Crippen LogP) is 3.26. The van der Waals surface area contributed by atoms with Crippen LogP contribution in [0, 0.1) is 23.2 Å². The van der Waals surface area contributed by atoms with Crippen molar-refractivity contribution in [3.8, 4) is 0 Å². The third-order valence-electron chi connectivity index (χ3n) is 6.16. The SMILES string of the molecule is CCCC1(CNC(=O)C2CC3CCCC(C2)C3N)CC1.Cl. The average Bonchev–Trinajstić information content (AvgIpc) is 3.16. The van der Waals surface area contributed by atoms with E-state index in [1.165, 1.54) is 44.9 Å². The molecule has 3 aliphatic rings. The summed E-state index contributed by atoms with van der Waals surface area (Å²) in [5, 5.41) is 3.26. The van der Waals surface area contributed by atoms with Gasteiger partial charge in [-0.1, -0.05) is 19.8 Å². The zero-order valence-corrected chi connectivity index (χ0v) is 14.1. The number of fused-ring (bicyclic) bond motifs is 2. The lowest BCUT2D eigenvalue weighted by molar-refractivity contribution is -0.128. The number of amides is 1. The molecular formula is C17H31ClN2O. The lowest BCUT2D eigenvalue weighted by atomic mass is 9.65. The highest BCUT2D eigenvalue weighted by Gasteiger charge is 2.43. The molecule has 3 fully saturated rings. The van der Waals surface area contributed by atoms with Crippen molar-refractivity contribution in [2.24, 2.45) is 28.9 Å². The van der Waals surface area contributed by atoms with Gasteiger partial charge in [0.05, 0.1) is 0 Å². The third kappa shape index (κ3) is 3.73. The van der Waals surface area contributed by atoms with E-state index < -0.39 is 0 Å². The van der Waals surface area contributed by atoms with E-state index in [0.717, 1.165) is 19.4 Å². The molecule has 0 aromatic heterocycles. The first-order valence-corrected chi connectivity index (χ1v) is 8.67. The molecule has 0 aromatic rings. The highest BCUT2D eigenvalue weighted by atomic mass is 35.5. The maximum Gasteiger partial charge on any atom is 0.223 e. The van der Waals surface area contributed by atoms with Gasteiger partial charge < -0.3 is 11.1 Å². The number of carbonyl (C=O) groups is 1. The van der Waals surface area contributed by atoms with Crippen molar-refractivity contribution in [1.29, 1.82) is 0 Å². The molecule has 0 aromatic carbocycles. The van der Waals surface area contributed by atoms with Crippen LogP contribution in [0.2, 0.25) is 0 Å². The molecule has 0 aliphatic heterocycles. The second-order valence-electron chi connectivity index (χ2n) is 7.66. The van der Waals surface area contributed by atoms with Gasteiger partial charge in [-0.05, 0) is 62.2 Å². The smallest absolute Gasteiger partial charge is 0.223 e. The van der Waals surface area contributed by atoms with Crippen molar-refractivity contribution in [2.75, 3.05) is 6.54 Å². The van der Waals surface area contributed by atoms with Crippen LogP contribution in [0.4, 0.5) is 0 Å². The predicted molar refractivity (Wildman–Crippen MR) is 88.4 cm³/mol. The zero-order valence-electron chi connectivity index (χ0n) is 13.3. The molecule has 0 saturated heterocycles. The van der Waals surface area contributed by atoms with Gasteiger partial charge in [0.1, 0.15) is 0 Å². The van der Waals surface area contributed by atoms with Crippen molar-refractivity contribution in [2.45, 2.75) is 70.8 Å². The molecule has 122 valence electrons. The molecule has 2 bridgehead atoms. The minimum atomic E-state index is 0. The molecule has 2 atom stereocenters. The number of hydrogen-bond donors (Lipinski definition) is 2. The standard InChI is InChI=1S/C17H30N2O.ClH/c1-2-6-17(7-8-17)11-19-16(20)14-9-12-4-3-5-13(10-14)15(12)18;/h12-15H,2-11,18H2,1H3,(H,19,20);1H. The molecule has 1 amide bonds. The number of nitrogens with one attached hydrogen (secondary N) is 1. The summed E-state index contributed by atoms with van der Waals surface area (Å²) in [4.78, 5) is 12.5. The minimum Gasteiger partial charge on any atom is -0.355 e. The highest BCUT2D eigenvalue weighted by Crippen LogP contribution is 2.49. The second kappa shape index (κ2) is 6.87. The van der Waals surface area contributed by atoms with Crippen molar-refractivity contribution in [1.82, 2.24) is 5.32 Å². The van der Waals surface area contributed by atoms with Crippen LogP contribution in [0.15, 0.2) is 0 Å². The first kappa shape index (κ1) is 17.1. The molecule has 0 spiro atoms. The van der Waals surface area contributed by atoms with Crippen LogP contribution in [0.5, 0.6) is 0 Å². The van der Waals surface area contributed by atoms with Gasteiger partial charge in [-0.2, -0.15) is 0 Å². The number of carbonyl (C=O) groups excluding carboxylic acids is 1. The molecule has 3 N–H and O–H groups in total. The van der Waals surface area contributed by atoms with E-state index in [1.807, 2.05) is 0 Å². The Morgan fingerprint density at radius 1 is 1.24 bits per heavy atom. The van der Waals surface area contributed by atoms with Crippen molar-refractivity contribution in [3.05, 3.63) is 0 Å². The van der Waals surface area contributed by atoms with E-state index in [2.05, 4.69) is 12.2 Å². The van der Waals surface area contributed by atoms with Crippen LogP contribution >= 0.6 is 12.4 Å². The Morgan fingerprint density at radius 2 is 1.86 bits per heavy atom. The fraction of sp³-hybridized carbons (Fsp3) is 0.941. The van der Waals surface area contributed by atoms with E-state index in [9.17, 15) is 4.79 Å². The van der Waals surface area contributed by atoms with Gasteiger partial charge in [-0.25, -0.2) is 0 Å². The summed E-state index contributed by atoms with van der Waals surface area (Å²) < 4.78 is 0. The molecule has 0 radical (unpaired) electrons. The van der Waals surface area contributed by atoms with Gasteiger partial charge in [-0.3, -0.25) is 4.79 Å². The lowest BCUT2D eigenvalue weighted by Gasteiger charge is -2.43. The van der Waals surface area contributed by atoms with E-state index in [1.54, 1.807) is 0 Å². The summed E-state index contributed by atoms with van der Waals surface area (Å²) in [6.45, 7) is 3.16. The van der Waals surface area contributed by atoms with Gasteiger partial charge in [-0.15, -0.1) is 12.4 Å². The van der Waals surface area contributed by atoms with Gasteiger partial charge in [0, 0.05) is 18.5 Å². The van der Waals surface area contributed by atoms with Crippen LogP contribution in [-0.2, 0) is 4.79 Å². The molecule has 2 unspecified atom stereocenters. The van der Waals surface area contributed by atoms with Crippen LogP contribution in [0.1, 0.15) is 64.7 Å². The summed E-state index contributed by atoms with van der Waals surface area (Å²) in [5.41, 5.74) is 6.77. The summed E-state index contributed by atoms with van der Waals surface area (Å²) in [5.74, 6) is 1.76. The topological polar surface area (TPSA) is 55.1 Å². The minimum absolute atomic E-state index is 0. The summed E-state index contributed by atoms with van der Waals surface area (Å²) in [6, 6.07) is 0.364. The van der Waals surface area contributed by atoms with E-state index >= 15 is 0 Å². The van der Waals surface area contributed by atoms with Crippen LogP contribution in [0.3, 0.4) is 0 Å². The first-order valence-electron chi connectivity index (χ1n) is 8.67. The zero-order chi connectivity index (χ0) is 14.2. The van der Waals surface area contributed by atoms with Crippen LogP contribution < -0.4 is 11.1 Å². The van der Waals surface area contributed by atoms with Crippen LogP contribution in [-0.4, -0.2) is 18.5 Å². The van der Waals surface area contributed by atoms with Gasteiger partial charge in [0.15, 0.2) is 0 Å². The molecule has 3 saturated carbocycles. The normalized spacial score (nSPS) is 36.5. The Morgan fingerprint density at radius 3 is 2.38 bits per heavy atom. The Labute approximate surface area is 135 Å². The molecule has 3 aliphatic carbocycles. The number of nitrogens with two attached hydrogens (primary N) is 1. The van der Waals surface area contributed by atoms with Crippen molar-refractivity contribution in [3.63, 3.8) is 0 Å². The Bertz CT molecular complexity index is 356. The van der Waals surface area contributed by atoms with Gasteiger partial charge in [0.2, 0.25) is 5.91 Å². The molecule has 3 nitrogen and oxygen atoms in total. The Kier molecular flexibility index (Phi) is 5.59. The maximum atomic E-state index is 12.5. The van der Waals surface area contributed by atoms with E-state index in [-0.39, 0.29) is 18.3 Å². The molecular weight excluding hydrogens is 284 g/mol. The molecule has 0 heterocycles. The van der Waals surface area contributed by atoms with Crippen LogP contribution in [0.25, 0.3) is 0 Å². The van der Waals surface area contributed by atoms with Crippen molar-refractivity contribution >= 4 is 18.3 Å². The maximum absolute atomic E-state index is 12.5. The highest BCUT2D eigenvalue weighted by molar-refractivity contribution is 5.85. The fourth-order valence-electron chi connectivity index (χ4n) is 4.64. The lowest BCUT2D eigenvalue weighted by Crippen LogP contribution is -2.49.